The monoisotopic (exact) mass is 259 g/mol. The Kier molecular flexibility index (Phi) is 3.21. The Bertz CT molecular complexity index is 524. The van der Waals surface area contributed by atoms with Gasteiger partial charge < -0.3 is 5.21 Å². The van der Waals surface area contributed by atoms with E-state index in [1.165, 1.54) is 4.68 Å². The first-order chi connectivity index (χ1) is 7.65. The van der Waals surface area contributed by atoms with E-state index < -0.39 is 0 Å². The molecule has 6 heteroatoms. The predicted octanol–water partition coefficient (Wildman–Crippen LogP) is 2.78. The van der Waals surface area contributed by atoms with Crippen molar-refractivity contribution in [2.45, 2.75) is 26.3 Å². The van der Waals surface area contributed by atoms with Crippen molar-refractivity contribution in [2.75, 3.05) is 0 Å². The quantitative estimate of drug-likeness (QED) is 0.629. The number of rotatable bonds is 3. The Morgan fingerprint density at radius 2 is 2.19 bits per heavy atom. The van der Waals surface area contributed by atoms with Crippen molar-refractivity contribution in [2.24, 2.45) is 0 Å². The molecule has 0 bridgehead atoms. The molecule has 86 valence electrons. The molecule has 0 atom stereocenters. The predicted molar refractivity (Wildman–Crippen MR) is 63.6 cm³/mol. The zero-order chi connectivity index (χ0) is 11.7. The van der Waals surface area contributed by atoms with E-state index in [0.717, 1.165) is 12.8 Å². The van der Waals surface area contributed by atoms with Gasteiger partial charge in [-0.25, -0.2) is 0 Å². The Labute approximate surface area is 103 Å². The maximum atomic E-state index is 11.6. The SMILES string of the molecule is CCCCn1c2c(Cl)c(Cl)ccc2n[n+]1[O-]. The van der Waals surface area contributed by atoms with Crippen LogP contribution in [0.5, 0.6) is 0 Å². The zero-order valence-electron chi connectivity index (χ0n) is 8.78. The van der Waals surface area contributed by atoms with Crippen molar-refractivity contribution in [3.05, 3.63) is 27.4 Å². The second-order valence-electron chi connectivity index (χ2n) is 3.56. The molecule has 0 aliphatic rings. The van der Waals surface area contributed by atoms with Gasteiger partial charge in [0.05, 0.1) is 16.6 Å². The van der Waals surface area contributed by atoms with E-state index in [2.05, 4.69) is 12.0 Å². The highest BCUT2D eigenvalue weighted by molar-refractivity contribution is 6.44. The van der Waals surface area contributed by atoms with Gasteiger partial charge in [0.25, 0.3) is 0 Å². The lowest BCUT2D eigenvalue weighted by Crippen LogP contribution is -2.39. The molecule has 0 saturated carbocycles. The summed E-state index contributed by atoms with van der Waals surface area (Å²) >= 11 is 12.0. The van der Waals surface area contributed by atoms with E-state index >= 15 is 0 Å². The molecule has 0 aliphatic heterocycles. The van der Waals surface area contributed by atoms with E-state index in [-0.39, 0.29) is 0 Å². The van der Waals surface area contributed by atoms with Crippen LogP contribution in [0.15, 0.2) is 12.1 Å². The van der Waals surface area contributed by atoms with Crippen molar-refractivity contribution in [3.63, 3.8) is 0 Å². The van der Waals surface area contributed by atoms with Gasteiger partial charge in [0.2, 0.25) is 0 Å². The fourth-order valence-electron chi connectivity index (χ4n) is 1.59. The number of fused-ring (bicyclic) bond motifs is 1. The molecule has 0 saturated heterocycles. The van der Waals surface area contributed by atoms with Crippen molar-refractivity contribution >= 4 is 34.2 Å². The molecule has 0 amide bonds. The van der Waals surface area contributed by atoms with Crippen LogP contribution in [0, 0.1) is 5.21 Å². The summed E-state index contributed by atoms with van der Waals surface area (Å²) in [5.74, 6) is 0. The summed E-state index contributed by atoms with van der Waals surface area (Å²) in [4.78, 5) is 0.572. The molecule has 1 aromatic heterocycles. The molecule has 0 spiro atoms. The van der Waals surface area contributed by atoms with Crippen molar-refractivity contribution in [1.82, 2.24) is 9.78 Å². The molecule has 16 heavy (non-hydrogen) atoms. The first-order valence-electron chi connectivity index (χ1n) is 5.09. The summed E-state index contributed by atoms with van der Waals surface area (Å²) in [5.41, 5.74) is 1.18. The van der Waals surface area contributed by atoms with Crippen LogP contribution in [0.1, 0.15) is 19.8 Å². The van der Waals surface area contributed by atoms with Crippen LogP contribution in [0.4, 0.5) is 0 Å². The Morgan fingerprint density at radius 1 is 1.44 bits per heavy atom. The zero-order valence-corrected chi connectivity index (χ0v) is 10.3. The minimum Gasteiger partial charge on any atom is -0.571 e. The Hall–Kier alpha value is -1.00. The van der Waals surface area contributed by atoms with Crippen LogP contribution in [0.3, 0.4) is 0 Å². The molecule has 1 heterocycles. The van der Waals surface area contributed by atoms with Crippen molar-refractivity contribution in [3.8, 4) is 0 Å². The smallest absolute Gasteiger partial charge is 0.165 e. The van der Waals surface area contributed by atoms with Crippen LogP contribution in [-0.4, -0.2) is 9.78 Å². The van der Waals surface area contributed by atoms with Gasteiger partial charge in [0.1, 0.15) is 0 Å². The molecule has 0 fully saturated rings. The third kappa shape index (κ3) is 1.83. The number of unbranched alkanes of at least 4 members (excludes halogenated alkanes) is 1. The second kappa shape index (κ2) is 4.47. The van der Waals surface area contributed by atoms with Crippen molar-refractivity contribution in [1.29, 1.82) is 0 Å². The van der Waals surface area contributed by atoms with Crippen LogP contribution in [0.2, 0.25) is 10.0 Å². The van der Waals surface area contributed by atoms with E-state index in [0.29, 0.717) is 32.6 Å². The van der Waals surface area contributed by atoms with E-state index in [4.69, 9.17) is 23.2 Å². The summed E-state index contributed by atoms with van der Waals surface area (Å²) in [7, 11) is 0. The van der Waals surface area contributed by atoms with Crippen LogP contribution in [0.25, 0.3) is 11.0 Å². The maximum absolute atomic E-state index is 11.6. The fraction of sp³-hybridized carbons (Fsp3) is 0.400. The number of hydrogen-bond acceptors (Lipinski definition) is 2. The largest absolute Gasteiger partial charge is 0.571 e. The second-order valence-corrected chi connectivity index (χ2v) is 4.34. The number of aryl methyl sites for hydroxylation is 1. The first kappa shape index (κ1) is 11.5. The lowest BCUT2D eigenvalue weighted by atomic mass is 10.3. The molecule has 2 rings (SSSR count). The van der Waals surface area contributed by atoms with Crippen molar-refractivity contribution < 1.29 is 4.96 Å². The molecular formula is C10H11Cl2N3O. The highest BCUT2D eigenvalue weighted by atomic mass is 35.5. The Morgan fingerprint density at radius 3 is 2.88 bits per heavy atom. The average Bonchev–Trinajstić information content (AvgIpc) is 2.58. The van der Waals surface area contributed by atoms with Gasteiger partial charge >= 0.3 is 0 Å². The lowest BCUT2D eigenvalue weighted by Gasteiger charge is -2.02. The molecule has 0 unspecified atom stereocenters. The van der Waals surface area contributed by atoms with E-state index in [1.54, 1.807) is 12.1 Å². The molecule has 0 N–H and O–H groups in total. The molecule has 4 nitrogen and oxygen atoms in total. The third-order valence-corrected chi connectivity index (χ3v) is 3.22. The summed E-state index contributed by atoms with van der Waals surface area (Å²) in [6, 6.07) is 3.34. The summed E-state index contributed by atoms with van der Waals surface area (Å²) < 4.78 is 1.51. The van der Waals surface area contributed by atoms with Gasteiger partial charge in [0, 0.05) is 10.1 Å². The van der Waals surface area contributed by atoms with Gasteiger partial charge in [-0.3, -0.25) is 0 Å². The molecule has 0 radical (unpaired) electrons. The van der Waals surface area contributed by atoms with Gasteiger partial charge in [-0.15, -0.1) is 4.68 Å². The summed E-state index contributed by atoms with van der Waals surface area (Å²) in [5, 5.41) is 16.2. The highest BCUT2D eigenvalue weighted by Crippen LogP contribution is 2.29. The normalized spacial score (nSPS) is 11.2. The minimum absolute atomic E-state index is 0.386. The number of aromatic nitrogens is 3. The summed E-state index contributed by atoms with van der Waals surface area (Å²) in [6.45, 7) is 2.65. The number of hydrogen-bond donors (Lipinski definition) is 0. The van der Waals surface area contributed by atoms with Gasteiger partial charge in [-0.2, -0.15) is 0 Å². The van der Waals surface area contributed by atoms with Crippen LogP contribution >= 0.6 is 23.2 Å². The first-order valence-corrected chi connectivity index (χ1v) is 5.85. The number of benzene rings is 1. The number of nitrogens with zero attached hydrogens (tertiary/aromatic N) is 3. The third-order valence-electron chi connectivity index (χ3n) is 2.43. The summed E-state index contributed by atoms with van der Waals surface area (Å²) in [6.07, 6.45) is 1.90. The van der Waals surface area contributed by atoms with Gasteiger partial charge in [-0.05, 0) is 18.6 Å². The number of halogens is 2. The van der Waals surface area contributed by atoms with E-state index in [1.807, 2.05) is 0 Å². The van der Waals surface area contributed by atoms with Crippen LogP contribution < -0.4 is 4.96 Å². The van der Waals surface area contributed by atoms with Crippen LogP contribution in [-0.2, 0) is 6.54 Å². The minimum atomic E-state index is 0.386. The molecule has 1 aromatic carbocycles. The van der Waals surface area contributed by atoms with E-state index in [9.17, 15) is 5.21 Å². The maximum Gasteiger partial charge on any atom is 0.165 e. The standard InChI is InChI=1S/C10H11Cl2N3O/c1-2-3-6-14-10-8(13-15(14)16)5-4-7(11)9(10)12/h4-5H,2-3,6H2,1H3. The molecule has 0 aliphatic carbocycles. The topological polar surface area (TPSA) is 44.8 Å². The highest BCUT2D eigenvalue weighted by Gasteiger charge is 2.17. The average molecular weight is 260 g/mol. The van der Waals surface area contributed by atoms with Gasteiger partial charge in [-0.1, -0.05) is 36.5 Å². The fourth-order valence-corrected chi connectivity index (χ4v) is 2.00. The molecular weight excluding hydrogens is 249 g/mol. The lowest BCUT2D eigenvalue weighted by molar-refractivity contribution is -0.746. The van der Waals surface area contributed by atoms with Gasteiger partial charge in [0.15, 0.2) is 11.0 Å². The Balaban J connectivity index is 2.61. The molecule has 2 aromatic rings.